The van der Waals surface area contributed by atoms with Gasteiger partial charge in [0.15, 0.2) is 0 Å². The number of rotatable bonds is 57. The molecule has 0 rings (SSSR count). The molecule has 0 aliphatic carbocycles. The normalized spacial score (nSPS) is 13.1. The van der Waals surface area contributed by atoms with Gasteiger partial charge in [0.1, 0.15) is 0 Å². The van der Waals surface area contributed by atoms with Crippen molar-refractivity contribution in [2.24, 2.45) is 0 Å². The lowest BCUT2D eigenvalue weighted by atomic mass is 10.0. The Hall–Kier alpha value is -1.65. The van der Waals surface area contributed by atoms with Gasteiger partial charge in [-0.2, -0.15) is 0 Å². The molecule has 0 saturated heterocycles. The summed E-state index contributed by atoms with van der Waals surface area (Å²) in [6.07, 6.45) is 83.1. The Kier molecular flexibility index (Phi) is 58.2. The first kappa shape index (κ1) is 66.3. The summed E-state index contributed by atoms with van der Waals surface area (Å²) in [5.74, 6) is -0.0727. The van der Waals surface area contributed by atoms with Crippen molar-refractivity contribution in [1.82, 2.24) is 5.32 Å². The second-order valence-corrected chi connectivity index (χ2v) is 21.1. The topological polar surface area (TPSA) is 69.6 Å². The maximum Gasteiger partial charge on any atom is 0.220 e. The molecule has 2 unspecified atom stereocenters. The molecule has 0 aromatic heterocycles. The number of hydrogen-bond acceptors (Lipinski definition) is 3. The number of amides is 1. The van der Waals surface area contributed by atoms with Gasteiger partial charge in [0.25, 0.3) is 0 Å². The Morgan fingerprint density at radius 1 is 0.353 bits per heavy atom. The third-order valence-corrected chi connectivity index (χ3v) is 14.3. The fourth-order valence-corrected chi connectivity index (χ4v) is 9.58. The largest absolute Gasteiger partial charge is 0.394 e. The molecule has 4 heteroatoms. The van der Waals surface area contributed by atoms with Gasteiger partial charge in [-0.05, 0) is 64.2 Å². The summed E-state index contributed by atoms with van der Waals surface area (Å²) in [6.45, 7) is 4.32. The van der Waals surface area contributed by atoms with Crippen molar-refractivity contribution in [2.45, 2.75) is 347 Å². The fraction of sp³-hybridized carbons (Fsp3) is 0.859. The molecule has 2 atom stereocenters. The first-order valence-corrected chi connectivity index (χ1v) is 30.9. The van der Waals surface area contributed by atoms with Crippen LogP contribution in [0, 0.1) is 0 Å². The molecular weight excluding hydrogens is 831 g/mol. The van der Waals surface area contributed by atoms with E-state index in [1.54, 1.807) is 6.08 Å². The fourth-order valence-electron chi connectivity index (χ4n) is 9.58. The highest BCUT2D eigenvalue weighted by Crippen LogP contribution is 2.18. The predicted octanol–water partition coefficient (Wildman–Crippen LogP) is 20.6. The van der Waals surface area contributed by atoms with Gasteiger partial charge < -0.3 is 15.5 Å². The second-order valence-electron chi connectivity index (χ2n) is 21.1. The molecule has 3 N–H and O–H groups in total. The molecule has 4 nitrogen and oxygen atoms in total. The zero-order valence-electron chi connectivity index (χ0n) is 46.1. The maximum absolute atomic E-state index is 12.5. The Morgan fingerprint density at radius 2 is 0.618 bits per heavy atom. The smallest absolute Gasteiger partial charge is 0.220 e. The summed E-state index contributed by atoms with van der Waals surface area (Å²) in [4.78, 5) is 12.5. The van der Waals surface area contributed by atoms with Crippen molar-refractivity contribution in [2.75, 3.05) is 6.61 Å². The van der Waals surface area contributed by atoms with E-state index in [2.05, 4.69) is 55.6 Å². The lowest BCUT2D eigenvalue weighted by Crippen LogP contribution is -2.45. The molecule has 1 amide bonds. The molecule has 0 aromatic rings. The zero-order valence-corrected chi connectivity index (χ0v) is 46.1. The number of carbonyl (C=O) groups is 1. The van der Waals surface area contributed by atoms with E-state index in [9.17, 15) is 15.0 Å². The first-order chi connectivity index (χ1) is 33.7. The van der Waals surface area contributed by atoms with Crippen LogP contribution in [0.1, 0.15) is 335 Å². The number of nitrogens with one attached hydrogen (secondary N) is 1. The Balaban J connectivity index is 3.49. The SMILES string of the molecule is CCCCCCC/C=C\C/C=C\CCCCCCCCCCCCCC(=O)NC(CO)C(O)/C=C/CC/C=C/CCCCCCCCCCCCCCCCCCCCCCCCCCCCC. The molecule has 0 aliphatic heterocycles. The third-order valence-electron chi connectivity index (χ3n) is 14.3. The number of hydrogen-bond donors (Lipinski definition) is 3. The molecule has 0 spiro atoms. The van der Waals surface area contributed by atoms with E-state index in [1.165, 1.54) is 276 Å². The molecule has 0 saturated carbocycles. The summed E-state index contributed by atoms with van der Waals surface area (Å²) >= 11 is 0. The minimum absolute atomic E-state index is 0.0727. The van der Waals surface area contributed by atoms with Crippen molar-refractivity contribution >= 4 is 5.91 Å². The highest BCUT2D eigenvalue weighted by molar-refractivity contribution is 5.76. The Labute approximate surface area is 426 Å². The van der Waals surface area contributed by atoms with Gasteiger partial charge in [0, 0.05) is 6.42 Å². The van der Waals surface area contributed by atoms with Crippen molar-refractivity contribution in [3.63, 3.8) is 0 Å². The number of aliphatic hydroxyl groups is 2. The van der Waals surface area contributed by atoms with E-state index >= 15 is 0 Å². The van der Waals surface area contributed by atoms with Crippen LogP contribution >= 0.6 is 0 Å². The van der Waals surface area contributed by atoms with Crippen LogP contribution in [-0.4, -0.2) is 34.9 Å². The van der Waals surface area contributed by atoms with Gasteiger partial charge in [0.05, 0.1) is 18.8 Å². The maximum atomic E-state index is 12.5. The van der Waals surface area contributed by atoms with E-state index in [0.29, 0.717) is 6.42 Å². The van der Waals surface area contributed by atoms with Crippen LogP contribution in [0.4, 0.5) is 0 Å². The third kappa shape index (κ3) is 55.3. The van der Waals surface area contributed by atoms with Gasteiger partial charge in [0.2, 0.25) is 5.91 Å². The van der Waals surface area contributed by atoms with Gasteiger partial charge in [-0.3, -0.25) is 4.79 Å². The van der Waals surface area contributed by atoms with Gasteiger partial charge >= 0.3 is 0 Å². The zero-order chi connectivity index (χ0) is 49.2. The lowest BCUT2D eigenvalue weighted by molar-refractivity contribution is -0.123. The van der Waals surface area contributed by atoms with Gasteiger partial charge in [-0.1, -0.05) is 313 Å². The second kappa shape index (κ2) is 59.7. The monoisotopic (exact) mass is 952 g/mol. The summed E-state index contributed by atoms with van der Waals surface area (Å²) in [7, 11) is 0. The van der Waals surface area contributed by atoms with Crippen LogP contribution in [0.25, 0.3) is 0 Å². The molecular formula is C64H121NO3. The minimum Gasteiger partial charge on any atom is -0.394 e. The summed E-state index contributed by atoms with van der Waals surface area (Å²) < 4.78 is 0. The molecule has 0 aliphatic rings. The van der Waals surface area contributed by atoms with Crippen molar-refractivity contribution in [3.05, 3.63) is 48.6 Å². The van der Waals surface area contributed by atoms with Crippen LogP contribution < -0.4 is 5.32 Å². The average Bonchev–Trinajstić information content (AvgIpc) is 3.34. The first-order valence-electron chi connectivity index (χ1n) is 30.9. The van der Waals surface area contributed by atoms with Crippen molar-refractivity contribution in [1.29, 1.82) is 0 Å². The van der Waals surface area contributed by atoms with Gasteiger partial charge in [-0.15, -0.1) is 0 Å². The standard InChI is InChI=1S/C64H121NO3/c1-3-5-7-9-11-13-15-17-19-21-23-25-27-28-29-30-31-32-33-34-35-36-38-39-41-43-45-47-49-51-53-55-57-59-63(67)62(61-66)65-64(68)60-58-56-54-52-50-48-46-44-42-40-37-26-24-22-20-18-16-14-12-10-8-6-4-2/h16,18,22,24,49,51,57,59,62-63,66-67H,3-15,17,19-21,23,25-48,50,52-56,58,60-61H2,1-2H3,(H,65,68)/b18-16-,24-22-,51-49+,59-57+. The minimum atomic E-state index is -0.866. The molecule has 0 bridgehead atoms. The molecule has 0 radical (unpaired) electrons. The number of allylic oxidation sites excluding steroid dienone is 7. The molecule has 0 heterocycles. The highest BCUT2D eigenvalue weighted by atomic mass is 16.3. The van der Waals surface area contributed by atoms with E-state index in [-0.39, 0.29) is 12.5 Å². The molecule has 68 heavy (non-hydrogen) atoms. The number of carbonyl (C=O) groups excluding carboxylic acids is 1. The quantitative estimate of drug-likeness (QED) is 0.0420. The summed E-state index contributed by atoms with van der Waals surface area (Å²) in [6, 6.07) is -0.643. The van der Waals surface area contributed by atoms with Crippen LogP contribution in [0.3, 0.4) is 0 Å². The van der Waals surface area contributed by atoms with E-state index in [4.69, 9.17) is 0 Å². The predicted molar refractivity (Wildman–Crippen MR) is 304 cm³/mol. The van der Waals surface area contributed by atoms with Gasteiger partial charge in [-0.25, -0.2) is 0 Å². The Morgan fingerprint density at radius 3 is 0.941 bits per heavy atom. The van der Waals surface area contributed by atoms with E-state index < -0.39 is 12.1 Å². The van der Waals surface area contributed by atoms with Crippen LogP contribution in [0.2, 0.25) is 0 Å². The molecule has 400 valence electrons. The van der Waals surface area contributed by atoms with Crippen LogP contribution in [-0.2, 0) is 4.79 Å². The number of unbranched alkanes of at least 4 members (excludes halogenated alkanes) is 44. The average molecular weight is 953 g/mol. The molecule has 0 aromatic carbocycles. The molecule has 0 fully saturated rings. The van der Waals surface area contributed by atoms with Crippen LogP contribution in [0.5, 0.6) is 0 Å². The highest BCUT2D eigenvalue weighted by Gasteiger charge is 2.18. The summed E-state index contributed by atoms with van der Waals surface area (Å²) in [5.41, 5.74) is 0. The number of aliphatic hydroxyl groups excluding tert-OH is 2. The van der Waals surface area contributed by atoms with E-state index in [0.717, 1.165) is 38.5 Å². The lowest BCUT2D eigenvalue weighted by Gasteiger charge is -2.19. The summed E-state index contributed by atoms with van der Waals surface area (Å²) in [5, 5.41) is 23.2. The van der Waals surface area contributed by atoms with E-state index in [1.807, 2.05) is 6.08 Å². The van der Waals surface area contributed by atoms with Crippen molar-refractivity contribution in [3.8, 4) is 0 Å². The van der Waals surface area contributed by atoms with Crippen LogP contribution in [0.15, 0.2) is 48.6 Å². The Bertz CT molecular complexity index is 1080. The van der Waals surface area contributed by atoms with Crippen molar-refractivity contribution < 1.29 is 15.0 Å².